The van der Waals surface area contributed by atoms with Crippen molar-refractivity contribution in [1.82, 2.24) is 14.6 Å². The summed E-state index contributed by atoms with van der Waals surface area (Å²) in [5, 5.41) is 22.2. The van der Waals surface area contributed by atoms with E-state index in [2.05, 4.69) is 20.7 Å². The number of amides is 2. The summed E-state index contributed by atoms with van der Waals surface area (Å²) < 4.78 is 6.95. The monoisotopic (exact) mass is 452 g/mol. The highest BCUT2D eigenvalue weighted by atomic mass is 32.1. The van der Waals surface area contributed by atoms with E-state index >= 15 is 0 Å². The van der Waals surface area contributed by atoms with E-state index in [9.17, 15) is 19.7 Å². The number of carbonyl (C=O) groups is 2. The van der Waals surface area contributed by atoms with Crippen molar-refractivity contribution < 1.29 is 19.2 Å². The van der Waals surface area contributed by atoms with Gasteiger partial charge in [0.1, 0.15) is 5.75 Å². The lowest BCUT2D eigenvalue weighted by Crippen LogP contribution is -2.20. The largest absolute Gasteiger partial charge is 0.484 e. The summed E-state index contributed by atoms with van der Waals surface area (Å²) in [4.78, 5) is 38.4. The molecule has 32 heavy (non-hydrogen) atoms. The zero-order valence-corrected chi connectivity index (χ0v) is 17.5. The number of carbonyl (C=O) groups excluding carboxylic acids is 2. The molecule has 2 heterocycles. The second-order valence-electron chi connectivity index (χ2n) is 6.60. The molecule has 2 N–H and O–H groups in total. The van der Waals surface area contributed by atoms with Crippen molar-refractivity contribution in [3.8, 4) is 17.0 Å². The smallest absolute Gasteiger partial charge is 0.269 e. The first-order valence-electron chi connectivity index (χ1n) is 9.28. The van der Waals surface area contributed by atoms with Crippen LogP contribution in [-0.2, 0) is 9.59 Å². The fourth-order valence-corrected chi connectivity index (χ4v) is 3.67. The van der Waals surface area contributed by atoms with Gasteiger partial charge in [-0.05, 0) is 24.3 Å². The summed E-state index contributed by atoms with van der Waals surface area (Å²) in [5.74, 6) is -0.160. The summed E-state index contributed by atoms with van der Waals surface area (Å²) in [7, 11) is 0. The van der Waals surface area contributed by atoms with E-state index in [-0.39, 0.29) is 24.1 Å². The maximum Gasteiger partial charge on any atom is 0.269 e. The number of anilines is 2. The molecule has 4 rings (SSSR count). The number of nitro groups is 1. The van der Waals surface area contributed by atoms with Crippen LogP contribution >= 0.6 is 11.3 Å². The van der Waals surface area contributed by atoms with Gasteiger partial charge in [0.25, 0.3) is 17.5 Å². The van der Waals surface area contributed by atoms with Crippen molar-refractivity contribution in [3.05, 3.63) is 64.0 Å². The van der Waals surface area contributed by atoms with Crippen LogP contribution in [0.4, 0.5) is 17.3 Å². The second-order valence-corrected chi connectivity index (χ2v) is 7.43. The van der Waals surface area contributed by atoms with E-state index < -0.39 is 10.8 Å². The molecule has 162 valence electrons. The number of nitrogens with zero attached hydrogens (tertiary/aromatic N) is 4. The molecule has 2 aromatic carbocycles. The Morgan fingerprint density at radius 1 is 1.12 bits per heavy atom. The first-order chi connectivity index (χ1) is 15.4. The van der Waals surface area contributed by atoms with Crippen molar-refractivity contribution in [2.24, 2.45) is 0 Å². The molecule has 0 aliphatic carbocycles. The average Bonchev–Trinajstić information content (AvgIpc) is 3.33. The minimum atomic E-state index is -0.516. The third kappa shape index (κ3) is 4.70. The molecule has 11 nitrogen and oxygen atoms in total. The van der Waals surface area contributed by atoms with Gasteiger partial charge in [-0.25, -0.2) is 4.52 Å². The van der Waals surface area contributed by atoms with Crippen molar-refractivity contribution in [3.63, 3.8) is 0 Å². The first kappa shape index (κ1) is 20.9. The van der Waals surface area contributed by atoms with Crippen molar-refractivity contribution in [1.29, 1.82) is 0 Å². The zero-order valence-electron chi connectivity index (χ0n) is 16.6. The molecule has 0 saturated heterocycles. The summed E-state index contributed by atoms with van der Waals surface area (Å²) >= 11 is 1.37. The molecular formula is C20H16N6O5S. The molecule has 0 fully saturated rings. The number of ether oxygens (including phenoxy) is 1. The molecule has 12 heteroatoms. The van der Waals surface area contributed by atoms with Gasteiger partial charge >= 0.3 is 0 Å². The summed E-state index contributed by atoms with van der Waals surface area (Å²) in [5.41, 5.74) is 2.28. The van der Waals surface area contributed by atoms with E-state index in [1.54, 1.807) is 16.6 Å². The second kappa shape index (κ2) is 8.81. The molecule has 0 unspecified atom stereocenters. The lowest BCUT2D eigenvalue weighted by Gasteiger charge is -2.05. The van der Waals surface area contributed by atoms with Crippen LogP contribution in [0.3, 0.4) is 0 Å². The number of thiazole rings is 1. The Morgan fingerprint density at radius 3 is 2.50 bits per heavy atom. The minimum absolute atomic E-state index is 0.0651. The predicted octanol–water partition coefficient (Wildman–Crippen LogP) is 3.34. The van der Waals surface area contributed by atoms with Crippen LogP contribution in [0.5, 0.6) is 5.75 Å². The predicted molar refractivity (Wildman–Crippen MR) is 118 cm³/mol. The number of rotatable bonds is 7. The molecule has 0 aliphatic heterocycles. The van der Waals surface area contributed by atoms with Crippen LogP contribution in [0.1, 0.15) is 6.92 Å². The van der Waals surface area contributed by atoms with Crippen LogP contribution < -0.4 is 15.4 Å². The lowest BCUT2D eigenvalue weighted by atomic mass is 10.1. The van der Waals surface area contributed by atoms with Crippen LogP contribution in [0.25, 0.3) is 16.2 Å². The van der Waals surface area contributed by atoms with Gasteiger partial charge in [-0.1, -0.05) is 12.1 Å². The number of nitro benzene ring substituents is 1. The normalized spacial score (nSPS) is 10.7. The first-order valence-corrected chi connectivity index (χ1v) is 10.2. The van der Waals surface area contributed by atoms with E-state index in [0.29, 0.717) is 16.4 Å². The van der Waals surface area contributed by atoms with Gasteiger partial charge < -0.3 is 10.1 Å². The number of hydrogen-bond acceptors (Lipinski definition) is 8. The Bertz CT molecular complexity index is 1300. The van der Waals surface area contributed by atoms with Gasteiger partial charge in [-0.3, -0.25) is 25.0 Å². The van der Waals surface area contributed by atoms with Crippen molar-refractivity contribution in [2.75, 3.05) is 17.2 Å². The zero-order chi connectivity index (χ0) is 22.7. The topological polar surface area (TPSA) is 141 Å². The summed E-state index contributed by atoms with van der Waals surface area (Å²) in [6.07, 6.45) is 0. The SMILES string of the molecule is CC(=O)Nc1ccc(-c2csc3nc(NC(=O)COc4ccc([N+](=O)[O-])cc4)nn23)cc1. The molecule has 0 atom stereocenters. The number of hydrogen-bond donors (Lipinski definition) is 2. The lowest BCUT2D eigenvalue weighted by molar-refractivity contribution is -0.384. The third-order valence-electron chi connectivity index (χ3n) is 4.25. The van der Waals surface area contributed by atoms with Crippen molar-refractivity contribution in [2.45, 2.75) is 6.92 Å². The Morgan fingerprint density at radius 2 is 1.84 bits per heavy atom. The molecular weight excluding hydrogens is 436 g/mol. The Hall–Kier alpha value is -4.32. The van der Waals surface area contributed by atoms with Gasteiger partial charge in [0, 0.05) is 35.7 Å². The van der Waals surface area contributed by atoms with Crippen molar-refractivity contribution >= 4 is 45.4 Å². The number of aromatic nitrogens is 3. The highest BCUT2D eigenvalue weighted by Crippen LogP contribution is 2.27. The molecule has 4 aromatic rings. The van der Waals surface area contributed by atoms with Crippen LogP contribution in [0, 0.1) is 10.1 Å². The van der Waals surface area contributed by atoms with E-state index in [1.807, 2.05) is 17.5 Å². The summed E-state index contributed by atoms with van der Waals surface area (Å²) in [6, 6.07) is 12.7. The van der Waals surface area contributed by atoms with Crippen LogP contribution in [0.2, 0.25) is 0 Å². The molecule has 0 aliphatic rings. The van der Waals surface area contributed by atoms with E-state index in [4.69, 9.17) is 4.74 Å². The van der Waals surface area contributed by atoms with Gasteiger partial charge in [-0.15, -0.1) is 16.4 Å². The Labute approximate surface area is 184 Å². The highest BCUT2D eigenvalue weighted by Gasteiger charge is 2.14. The quantitative estimate of drug-likeness (QED) is 0.324. The summed E-state index contributed by atoms with van der Waals surface area (Å²) in [6.45, 7) is 1.14. The van der Waals surface area contributed by atoms with Crippen LogP contribution in [0.15, 0.2) is 53.9 Å². The Balaban J connectivity index is 1.41. The van der Waals surface area contributed by atoms with Gasteiger partial charge in [0.15, 0.2) is 6.61 Å². The number of benzene rings is 2. The standard InChI is InChI=1S/C20H16N6O5S/c1-12(27)21-14-4-2-13(3-5-14)17-11-32-20-23-19(24-25(17)20)22-18(28)10-31-16-8-6-15(7-9-16)26(29)30/h2-9,11H,10H2,1H3,(H,21,27)(H,22,24,28). The molecule has 0 spiro atoms. The van der Waals surface area contributed by atoms with E-state index in [1.165, 1.54) is 42.5 Å². The highest BCUT2D eigenvalue weighted by molar-refractivity contribution is 7.15. The molecule has 2 aromatic heterocycles. The molecule has 0 radical (unpaired) electrons. The number of fused-ring (bicyclic) bond motifs is 1. The van der Waals surface area contributed by atoms with Gasteiger partial charge in [-0.2, -0.15) is 4.98 Å². The van der Waals surface area contributed by atoms with Gasteiger partial charge in [0.2, 0.25) is 10.9 Å². The molecule has 0 bridgehead atoms. The van der Waals surface area contributed by atoms with E-state index in [0.717, 1.165) is 11.3 Å². The molecule has 0 saturated carbocycles. The molecule has 2 amide bonds. The fourth-order valence-electron chi connectivity index (χ4n) is 2.83. The number of non-ortho nitro benzene ring substituents is 1. The number of nitrogens with one attached hydrogen (secondary N) is 2. The maximum absolute atomic E-state index is 12.2. The third-order valence-corrected chi connectivity index (χ3v) is 5.07. The average molecular weight is 452 g/mol. The maximum atomic E-state index is 12.2. The fraction of sp³-hybridized carbons (Fsp3) is 0.100. The van der Waals surface area contributed by atoms with Gasteiger partial charge in [0.05, 0.1) is 10.6 Å². The van der Waals surface area contributed by atoms with Crippen LogP contribution in [-0.4, -0.2) is 37.9 Å². The minimum Gasteiger partial charge on any atom is -0.484 e. The Kier molecular flexibility index (Phi) is 5.77.